The number of hydrogen-bond acceptors (Lipinski definition) is 3. The Kier molecular flexibility index (Phi) is 3.66. The van der Waals surface area contributed by atoms with Crippen LogP contribution >= 0.6 is 0 Å². The Labute approximate surface area is 97.6 Å². The van der Waals surface area contributed by atoms with Crippen LogP contribution in [0.5, 0.6) is 0 Å². The van der Waals surface area contributed by atoms with Gasteiger partial charge in [0.1, 0.15) is 5.76 Å². The zero-order valence-corrected chi connectivity index (χ0v) is 10.2. The highest BCUT2D eigenvalue weighted by atomic mass is 16.3. The largest absolute Gasteiger partial charge is 0.468 e. The summed E-state index contributed by atoms with van der Waals surface area (Å²) in [5.41, 5.74) is 5.92. The van der Waals surface area contributed by atoms with Gasteiger partial charge in [-0.15, -0.1) is 0 Å². The van der Waals surface area contributed by atoms with Crippen LogP contribution in [0.4, 0.5) is 0 Å². The minimum absolute atomic E-state index is 0.248. The molecular weight excluding hydrogens is 200 g/mol. The third-order valence-electron chi connectivity index (χ3n) is 3.77. The average molecular weight is 222 g/mol. The van der Waals surface area contributed by atoms with E-state index in [4.69, 9.17) is 10.2 Å². The van der Waals surface area contributed by atoms with Crippen molar-refractivity contribution in [2.45, 2.75) is 51.2 Å². The fraction of sp³-hybridized carbons (Fsp3) is 0.692. The molecule has 0 bridgehead atoms. The lowest BCUT2D eigenvalue weighted by Gasteiger charge is -2.34. The number of nitrogens with zero attached hydrogens (tertiary/aromatic N) is 1. The second-order valence-electron chi connectivity index (χ2n) is 4.70. The van der Waals surface area contributed by atoms with E-state index in [2.05, 4.69) is 18.7 Å². The van der Waals surface area contributed by atoms with Crippen molar-refractivity contribution < 1.29 is 4.42 Å². The predicted molar refractivity (Wildman–Crippen MR) is 65.1 cm³/mol. The molecule has 3 nitrogen and oxygen atoms in total. The molecule has 2 heterocycles. The summed E-state index contributed by atoms with van der Waals surface area (Å²) in [5, 5.41) is 0. The zero-order chi connectivity index (χ0) is 11.5. The van der Waals surface area contributed by atoms with Crippen LogP contribution in [-0.4, -0.2) is 23.5 Å². The Balaban J connectivity index is 2.19. The molecule has 1 saturated heterocycles. The van der Waals surface area contributed by atoms with E-state index in [1.165, 1.54) is 19.3 Å². The van der Waals surface area contributed by atoms with E-state index in [-0.39, 0.29) is 6.04 Å². The molecule has 3 heteroatoms. The third-order valence-corrected chi connectivity index (χ3v) is 3.77. The summed E-state index contributed by atoms with van der Waals surface area (Å²) in [6.45, 7) is 5.18. The maximum absolute atomic E-state index is 5.92. The van der Waals surface area contributed by atoms with E-state index < -0.39 is 0 Å². The highest BCUT2D eigenvalue weighted by Gasteiger charge is 2.35. The molecule has 1 aliphatic rings. The smallest absolute Gasteiger partial charge is 0.122 e. The van der Waals surface area contributed by atoms with Gasteiger partial charge in [0.2, 0.25) is 0 Å². The molecule has 1 aromatic rings. The van der Waals surface area contributed by atoms with Crippen molar-refractivity contribution in [2.24, 2.45) is 5.73 Å². The second-order valence-corrected chi connectivity index (χ2v) is 4.70. The van der Waals surface area contributed by atoms with E-state index in [9.17, 15) is 0 Å². The van der Waals surface area contributed by atoms with Crippen LogP contribution in [0.3, 0.4) is 0 Å². The second kappa shape index (κ2) is 5.02. The van der Waals surface area contributed by atoms with E-state index in [0.717, 1.165) is 5.76 Å². The summed E-state index contributed by atoms with van der Waals surface area (Å²) < 4.78 is 5.52. The molecule has 90 valence electrons. The Bertz CT molecular complexity index is 310. The highest BCUT2D eigenvalue weighted by molar-refractivity contribution is 5.07. The minimum atomic E-state index is 0.248. The van der Waals surface area contributed by atoms with E-state index >= 15 is 0 Å². The molecule has 0 aromatic carbocycles. The Morgan fingerprint density at radius 3 is 2.94 bits per heavy atom. The van der Waals surface area contributed by atoms with E-state index in [1.807, 2.05) is 12.1 Å². The van der Waals surface area contributed by atoms with Gasteiger partial charge in [0.05, 0.1) is 12.3 Å². The standard InChI is InChI=1S/C13H22N2O/c1-3-11-7-6-10(2)15(11)12(9-14)13-5-4-8-16-13/h4-5,8,10-12H,3,6-7,9,14H2,1-2H3. The molecular formula is C13H22N2O. The first-order valence-corrected chi connectivity index (χ1v) is 6.28. The number of likely N-dealkylation sites (tertiary alicyclic amines) is 1. The number of furan rings is 1. The van der Waals surface area contributed by atoms with Crippen molar-refractivity contribution in [2.75, 3.05) is 6.54 Å². The number of rotatable bonds is 4. The lowest BCUT2D eigenvalue weighted by atomic mass is 10.1. The first-order chi connectivity index (χ1) is 7.77. The molecule has 1 aliphatic heterocycles. The first kappa shape index (κ1) is 11.7. The van der Waals surface area contributed by atoms with Gasteiger partial charge in [-0.3, -0.25) is 4.90 Å². The molecule has 0 aliphatic carbocycles. The minimum Gasteiger partial charge on any atom is -0.468 e. The van der Waals surface area contributed by atoms with Gasteiger partial charge in [-0.05, 0) is 38.3 Å². The fourth-order valence-electron chi connectivity index (χ4n) is 2.93. The van der Waals surface area contributed by atoms with Crippen molar-refractivity contribution >= 4 is 0 Å². The van der Waals surface area contributed by atoms with Crippen molar-refractivity contribution in [3.05, 3.63) is 24.2 Å². The van der Waals surface area contributed by atoms with Gasteiger partial charge in [-0.1, -0.05) is 6.92 Å². The van der Waals surface area contributed by atoms with E-state index in [1.54, 1.807) is 6.26 Å². The molecule has 0 saturated carbocycles. The van der Waals surface area contributed by atoms with E-state index in [0.29, 0.717) is 18.6 Å². The summed E-state index contributed by atoms with van der Waals surface area (Å²) in [6, 6.07) is 5.50. The maximum Gasteiger partial charge on any atom is 0.122 e. The lowest BCUT2D eigenvalue weighted by molar-refractivity contribution is 0.121. The van der Waals surface area contributed by atoms with Gasteiger partial charge in [0.25, 0.3) is 0 Å². The molecule has 0 spiro atoms. The van der Waals surface area contributed by atoms with Gasteiger partial charge in [-0.2, -0.15) is 0 Å². The summed E-state index contributed by atoms with van der Waals surface area (Å²) >= 11 is 0. The molecule has 16 heavy (non-hydrogen) atoms. The Morgan fingerprint density at radius 1 is 1.56 bits per heavy atom. The lowest BCUT2D eigenvalue weighted by Crippen LogP contribution is -2.40. The average Bonchev–Trinajstić information content (AvgIpc) is 2.91. The van der Waals surface area contributed by atoms with Crippen LogP contribution in [0.2, 0.25) is 0 Å². The molecule has 2 rings (SSSR count). The Morgan fingerprint density at radius 2 is 2.38 bits per heavy atom. The van der Waals surface area contributed by atoms with Gasteiger partial charge < -0.3 is 10.2 Å². The van der Waals surface area contributed by atoms with Crippen LogP contribution in [0.25, 0.3) is 0 Å². The van der Waals surface area contributed by atoms with Crippen LogP contribution in [0, 0.1) is 0 Å². The number of hydrogen-bond donors (Lipinski definition) is 1. The van der Waals surface area contributed by atoms with Crippen LogP contribution in [0.15, 0.2) is 22.8 Å². The van der Waals surface area contributed by atoms with Crippen molar-refractivity contribution in [1.29, 1.82) is 0 Å². The zero-order valence-electron chi connectivity index (χ0n) is 10.2. The highest BCUT2D eigenvalue weighted by Crippen LogP contribution is 2.34. The monoisotopic (exact) mass is 222 g/mol. The Hall–Kier alpha value is -0.800. The van der Waals surface area contributed by atoms with Crippen molar-refractivity contribution in [1.82, 2.24) is 4.90 Å². The SMILES string of the molecule is CCC1CCC(C)N1C(CN)c1ccco1. The molecule has 1 aromatic heterocycles. The molecule has 0 radical (unpaired) electrons. The predicted octanol–water partition coefficient (Wildman–Crippen LogP) is 2.54. The summed E-state index contributed by atoms with van der Waals surface area (Å²) in [7, 11) is 0. The first-order valence-electron chi connectivity index (χ1n) is 6.28. The topological polar surface area (TPSA) is 42.4 Å². The molecule has 0 amide bonds. The number of nitrogens with two attached hydrogens (primary N) is 1. The molecule has 1 fully saturated rings. The van der Waals surface area contributed by atoms with Gasteiger partial charge in [0, 0.05) is 18.6 Å². The van der Waals surface area contributed by atoms with Crippen LogP contribution in [0.1, 0.15) is 44.9 Å². The quantitative estimate of drug-likeness (QED) is 0.851. The fourth-order valence-corrected chi connectivity index (χ4v) is 2.93. The molecule has 3 unspecified atom stereocenters. The van der Waals surface area contributed by atoms with Gasteiger partial charge in [-0.25, -0.2) is 0 Å². The third kappa shape index (κ3) is 2.02. The van der Waals surface area contributed by atoms with Gasteiger partial charge in [0.15, 0.2) is 0 Å². The van der Waals surface area contributed by atoms with Crippen LogP contribution < -0.4 is 5.73 Å². The molecule has 2 N–H and O–H groups in total. The van der Waals surface area contributed by atoms with Crippen molar-refractivity contribution in [3.8, 4) is 0 Å². The van der Waals surface area contributed by atoms with Gasteiger partial charge >= 0.3 is 0 Å². The van der Waals surface area contributed by atoms with Crippen molar-refractivity contribution in [3.63, 3.8) is 0 Å². The maximum atomic E-state index is 5.92. The normalized spacial score (nSPS) is 28.4. The molecule has 3 atom stereocenters. The summed E-state index contributed by atoms with van der Waals surface area (Å²) in [6.07, 6.45) is 5.49. The summed E-state index contributed by atoms with van der Waals surface area (Å²) in [4.78, 5) is 2.54. The van der Waals surface area contributed by atoms with Crippen LogP contribution in [-0.2, 0) is 0 Å². The summed E-state index contributed by atoms with van der Waals surface area (Å²) in [5.74, 6) is 1.01.